The summed E-state index contributed by atoms with van der Waals surface area (Å²) in [5.41, 5.74) is 0. The fraction of sp³-hybridized carbons (Fsp3) is 0.782. The molecule has 7 amide bonds. The molecule has 3 aliphatic heterocycles. The number of unbranched alkanes of at least 4 members (excludes halogenated alkanes) is 2. The Balaban J connectivity index is 1.47. The molecule has 0 saturated carbocycles. The first kappa shape index (κ1) is 112. The van der Waals surface area contributed by atoms with E-state index in [9.17, 15) is 86.6 Å². The summed E-state index contributed by atoms with van der Waals surface area (Å²) in [6.07, 6.45) is -14.3. The predicted octanol–water partition coefficient (Wildman–Crippen LogP) is -4.22. The lowest BCUT2D eigenvalue weighted by atomic mass is 9.96. The third-order valence-corrected chi connectivity index (χ3v) is 17.4. The van der Waals surface area contributed by atoms with E-state index in [2.05, 4.69) is 37.2 Å². The van der Waals surface area contributed by atoms with Crippen LogP contribution >= 0.6 is 0 Å². The molecule has 3 fully saturated rings. The number of esters is 9. The summed E-state index contributed by atoms with van der Waals surface area (Å²) >= 11 is 0. The van der Waals surface area contributed by atoms with Crippen molar-refractivity contribution >= 4 is 101 Å². The number of ether oxygens (including phenoxy) is 24. The molecule has 127 heavy (non-hydrogen) atoms. The molecule has 0 aromatic rings. The monoisotopic (exact) mass is 1830 g/mol. The van der Waals surface area contributed by atoms with E-state index in [0.717, 1.165) is 62.3 Å². The van der Waals surface area contributed by atoms with Gasteiger partial charge in [0.25, 0.3) is 0 Å². The number of carboxylic acids is 1. The molecule has 3 saturated heterocycles. The lowest BCUT2D eigenvalue weighted by molar-refractivity contribution is -0.279. The quantitative estimate of drug-likeness (QED) is 0.0163. The smallest absolute Gasteiger partial charge is 0.326 e. The van der Waals surface area contributed by atoms with Crippen molar-refractivity contribution in [1.82, 2.24) is 37.2 Å². The molecule has 3 heterocycles. The zero-order valence-corrected chi connectivity index (χ0v) is 73.6. The number of carbonyl (C=O) groups excluding carboxylic acids is 16. The van der Waals surface area contributed by atoms with E-state index >= 15 is 0 Å². The first-order valence-electron chi connectivity index (χ1n) is 41.1. The molecule has 0 unspecified atom stereocenters. The van der Waals surface area contributed by atoms with Crippen LogP contribution in [0, 0.1) is 0 Å². The lowest BCUT2D eigenvalue weighted by Gasteiger charge is -2.44. The molecule has 0 radical (unpaired) electrons. The van der Waals surface area contributed by atoms with Gasteiger partial charge in [-0.1, -0.05) is 0 Å². The lowest BCUT2D eigenvalue weighted by Crippen LogP contribution is -2.66. The Morgan fingerprint density at radius 2 is 0.543 bits per heavy atom. The number of hydrogen-bond acceptors (Lipinski definition) is 41. The standard InChI is InChI=1S/C78H125N7O42/c1-45(86)81-65-71(122-54(10)95)68(119-51(7)92)59(39-116-48(4)89)125-76(65)113-36-33-107-24-21-104-27-30-110-42-62(98)79-19-15-13-17-57(84-64(100)44-112-32-29-106-23-26-109-35-38-115-78-67(83-47(3)88)73(124-56(12)97)70(121-53(9)94)61(127-78)41-118-50(6)91)74(101)85-58(75(102)103)18-14-16-20-80-63(99)43-111-31-28-105-22-25-108-34-37-114-77-66(82-46(2)87)72(123-55(11)96)69(120-52(8)93)60(126-77)40-117-49(5)90/h57-61,65-73,76-78H,13-44H2,1-12H3,(H,79,98)(H,80,99)(H,81,86)(H,82,87)(H,83,88)(H,84,100)(H,85,101)(H,102,103)/t57-,58-,59+,60+,61+,65+,66+,67+,68-,69-,70-,71+,72+,73+,76+,77+,78+/m0/s1. The van der Waals surface area contributed by atoms with Crippen LogP contribution in [0.1, 0.15) is 122 Å². The Hall–Kier alpha value is -9.61. The van der Waals surface area contributed by atoms with Crippen LogP contribution < -0.4 is 37.2 Å². The van der Waals surface area contributed by atoms with Gasteiger partial charge in [-0.2, -0.15) is 0 Å². The predicted molar refractivity (Wildman–Crippen MR) is 422 cm³/mol. The molecule has 49 heteroatoms. The van der Waals surface area contributed by atoms with E-state index in [1.54, 1.807) is 0 Å². The first-order chi connectivity index (χ1) is 60.5. The summed E-state index contributed by atoms with van der Waals surface area (Å²) in [6.45, 7) is 11.6. The average molecular weight is 1830 g/mol. The zero-order chi connectivity index (χ0) is 94.2. The number of carboxylic acid groups (broad SMARTS) is 1. The largest absolute Gasteiger partial charge is 0.480 e. The van der Waals surface area contributed by atoms with Crippen molar-refractivity contribution in [3.05, 3.63) is 0 Å². The number of amides is 7. The van der Waals surface area contributed by atoms with E-state index in [1.165, 1.54) is 20.8 Å². The van der Waals surface area contributed by atoms with Gasteiger partial charge in [-0.05, 0) is 38.5 Å². The molecule has 17 atom stereocenters. The fourth-order valence-corrected chi connectivity index (χ4v) is 12.3. The molecule has 49 nitrogen and oxygen atoms in total. The molecular weight excluding hydrogens is 1710 g/mol. The van der Waals surface area contributed by atoms with Crippen LogP contribution in [0.15, 0.2) is 0 Å². The Labute approximate surface area is 733 Å². The molecule has 0 bridgehead atoms. The average Bonchev–Trinajstić information content (AvgIpc) is 0.796. The van der Waals surface area contributed by atoms with Crippen LogP contribution in [-0.4, -0.2) is 382 Å². The summed E-state index contributed by atoms with van der Waals surface area (Å²) < 4.78 is 133. The molecule has 0 aromatic carbocycles. The summed E-state index contributed by atoms with van der Waals surface area (Å²) in [4.78, 5) is 209. The van der Waals surface area contributed by atoms with Gasteiger partial charge in [-0.25, -0.2) is 4.79 Å². The molecule has 0 spiro atoms. The third kappa shape index (κ3) is 49.5. The van der Waals surface area contributed by atoms with Crippen LogP contribution in [0.2, 0.25) is 0 Å². The van der Waals surface area contributed by atoms with Crippen molar-refractivity contribution in [3.63, 3.8) is 0 Å². The number of aliphatic carboxylic acids is 1. The van der Waals surface area contributed by atoms with Gasteiger partial charge in [-0.15, -0.1) is 0 Å². The second-order valence-corrected chi connectivity index (χ2v) is 28.3. The number of nitrogens with one attached hydrogen (secondary N) is 7. The zero-order valence-electron chi connectivity index (χ0n) is 73.6. The number of hydrogen-bond donors (Lipinski definition) is 8. The summed E-state index contributed by atoms with van der Waals surface area (Å²) in [5, 5.41) is 28.4. The van der Waals surface area contributed by atoms with Gasteiger partial charge < -0.3 is 156 Å². The van der Waals surface area contributed by atoms with Gasteiger partial charge >= 0.3 is 59.7 Å². The van der Waals surface area contributed by atoms with Crippen LogP contribution in [0.5, 0.6) is 0 Å². The van der Waals surface area contributed by atoms with Gasteiger partial charge in [0.1, 0.15) is 88.2 Å². The minimum atomic E-state index is -1.42. The van der Waals surface area contributed by atoms with Crippen molar-refractivity contribution in [1.29, 1.82) is 0 Å². The van der Waals surface area contributed by atoms with Crippen LogP contribution in [0.3, 0.4) is 0 Å². The van der Waals surface area contributed by atoms with Gasteiger partial charge in [0.15, 0.2) is 55.5 Å². The van der Waals surface area contributed by atoms with Crippen molar-refractivity contribution in [2.75, 3.05) is 172 Å². The van der Waals surface area contributed by atoms with Gasteiger partial charge in [0.2, 0.25) is 41.4 Å². The molecule has 724 valence electrons. The van der Waals surface area contributed by atoms with E-state index in [1.807, 2.05) is 0 Å². The highest BCUT2D eigenvalue weighted by atomic mass is 16.7. The van der Waals surface area contributed by atoms with Crippen LogP contribution in [-0.2, 0) is 195 Å². The maximum atomic E-state index is 13.8. The second kappa shape index (κ2) is 64.2. The molecule has 0 aromatic heterocycles. The summed E-state index contributed by atoms with van der Waals surface area (Å²) in [7, 11) is 0. The van der Waals surface area contributed by atoms with Crippen molar-refractivity contribution < 1.29 is 200 Å². The molecule has 3 rings (SSSR count). The van der Waals surface area contributed by atoms with Crippen molar-refractivity contribution in [2.45, 2.75) is 226 Å². The fourth-order valence-electron chi connectivity index (χ4n) is 12.3. The Bertz CT molecular complexity index is 3430. The minimum Gasteiger partial charge on any atom is -0.480 e. The Morgan fingerprint density at radius 3 is 0.803 bits per heavy atom. The highest BCUT2D eigenvalue weighted by Gasteiger charge is 2.54. The van der Waals surface area contributed by atoms with Gasteiger partial charge in [-0.3, -0.25) is 76.7 Å². The van der Waals surface area contributed by atoms with Crippen molar-refractivity contribution in [3.8, 4) is 0 Å². The third-order valence-electron chi connectivity index (χ3n) is 17.4. The normalized spacial score (nSPS) is 22.3. The highest BCUT2D eigenvalue weighted by molar-refractivity contribution is 5.90. The molecule has 3 aliphatic rings. The maximum Gasteiger partial charge on any atom is 0.326 e. The van der Waals surface area contributed by atoms with Gasteiger partial charge in [0, 0.05) is 96.2 Å². The van der Waals surface area contributed by atoms with Gasteiger partial charge in [0.05, 0.1) is 119 Å². The van der Waals surface area contributed by atoms with E-state index in [-0.39, 0.29) is 171 Å². The SMILES string of the molecule is CC(=O)N[C@H]1[C@H](OCCOCCOCCOCC(=O)NCCCC[C@H](NC(=O)[C@H](CCCCNC(=O)COCCOCCOCCO[C@@H]2O[C@H](COC(C)=O)[C@H](OC(C)=O)[C@H](OC(C)=O)[C@H]2NC(C)=O)NC(=O)COCCOCCOCCO[C@@H]2O[C@H](COC(C)=O)[C@H](OC(C)=O)[C@H](OC(C)=O)[C@H]2NC(C)=O)C(=O)O)O[C@H](COC(C)=O)[C@H](OC(C)=O)[C@@H]1OC(C)=O. The minimum absolute atomic E-state index is 0.00367. The molecular formula is C78H125N7O42. The van der Waals surface area contributed by atoms with Crippen LogP contribution in [0.4, 0.5) is 0 Å². The summed E-state index contributed by atoms with van der Waals surface area (Å²) in [5.74, 6) is -12.2. The number of rotatable bonds is 65. The topological polar surface area (TPSA) is 616 Å². The Kier molecular flexibility index (Phi) is 56.4. The molecule has 8 N–H and O–H groups in total. The second-order valence-electron chi connectivity index (χ2n) is 28.3. The number of carbonyl (C=O) groups is 17. The Morgan fingerprint density at radius 1 is 0.291 bits per heavy atom. The van der Waals surface area contributed by atoms with E-state index in [0.29, 0.717) is 12.8 Å². The van der Waals surface area contributed by atoms with Crippen molar-refractivity contribution in [2.24, 2.45) is 0 Å². The first-order valence-corrected chi connectivity index (χ1v) is 41.1. The van der Waals surface area contributed by atoms with E-state index in [4.69, 9.17) is 114 Å². The highest BCUT2D eigenvalue weighted by Crippen LogP contribution is 2.32. The van der Waals surface area contributed by atoms with E-state index < -0.39 is 231 Å². The van der Waals surface area contributed by atoms with Crippen LogP contribution in [0.25, 0.3) is 0 Å². The maximum absolute atomic E-state index is 13.8. The summed E-state index contributed by atoms with van der Waals surface area (Å²) in [6, 6.07) is -6.22. The molecule has 0 aliphatic carbocycles.